The predicted octanol–water partition coefficient (Wildman–Crippen LogP) is 3.14. The summed E-state index contributed by atoms with van der Waals surface area (Å²) in [5, 5.41) is 4.43. The fourth-order valence-electron chi connectivity index (χ4n) is 5.06. The van der Waals surface area contributed by atoms with Gasteiger partial charge in [-0.15, -0.1) is 0 Å². The maximum absolute atomic E-state index is 5.85. The van der Waals surface area contributed by atoms with Crippen LogP contribution in [0.1, 0.15) is 53.6 Å². The van der Waals surface area contributed by atoms with Crippen LogP contribution < -0.4 is 5.32 Å². The normalized spacial score (nSPS) is 25.0. The second-order valence-electron chi connectivity index (χ2n) is 8.70. The van der Waals surface area contributed by atoms with Gasteiger partial charge in [0, 0.05) is 49.8 Å². The Morgan fingerprint density at radius 2 is 1.97 bits per heavy atom. The summed E-state index contributed by atoms with van der Waals surface area (Å²) in [6, 6.07) is 9.43. The van der Waals surface area contributed by atoms with E-state index in [-0.39, 0.29) is 12.1 Å². The Hall–Kier alpha value is -1.96. The average molecular weight is 426 g/mol. The molecule has 3 aliphatic rings. The van der Waals surface area contributed by atoms with Crippen molar-refractivity contribution >= 4 is 17.3 Å². The van der Waals surface area contributed by atoms with Crippen molar-refractivity contribution in [3.05, 3.63) is 53.1 Å². The third-order valence-electron chi connectivity index (χ3n) is 6.71. The smallest absolute Gasteiger partial charge is 0.170 e. The first-order chi connectivity index (χ1) is 14.6. The maximum Gasteiger partial charge on any atom is 0.170 e. The van der Waals surface area contributed by atoms with Crippen LogP contribution in [0.25, 0.3) is 0 Å². The second-order valence-corrected chi connectivity index (χ2v) is 9.09. The maximum atomic E-state index is 5.85. The molecule has 3 fully saturated rings. The van der Waals surface area contributed by atoms with Crippen molar-refractivity contribution in [2.75, 3.05) is 39.4 Å². The van der Waals surface area contributed by atoms with Gasteiger partial charge >= 0.3 is 0 Å². The van der Waals surface area contributed by atoms with Gasteiger partial charge in [-0.3, -0.25) is 9.88 Å². The van der Waals surface area contributed by atoms with Crippen molar-refractivity contribution < 1.29 is 4.74 Å². The number of rotatable bonds is 6. The van der Waals surface area contributed by atoms with E-state index in [1.165, 1.54) is 29.8 Å². The van der Waals surface area contributed by atoms with Crippen LogP contribution in [0.4, 0.5) is 0 Å². The van der Waals surface area contributed by atoms with E-state index in [0.29, 0.717) is 6.04 Å². The first-order valence-electron chi connectivity index (χ1n) is 11.1. The minimum absolute atomic E-state index is 0.0662. The van der Waals surface area contributed by atoms with Gasteiger partial charge in [-0.2, -0.15) is 0 Å². The molecular formula is C23H31N5OS. The molecule has 0 radical (unpaired) electrons. The first kappa shape index (κ1) is 20.0. The van der Waals surface area contributed by atoms with Crippen LogP contribution in [0.3, 0.4) is 0 Å². The van der Waals surface area contributed by atoms with Gasteiger partial charge in [0.2, 0.25) is 0 Å². The summed E-state index contributed by atoms with van der Waals surface area (Å²) in [5.74, 6) is 0. The van der Waals surface area contributed by atoms with E-state index in [0.717, 1.165) is 50.2 Å². The zero-order chi connectivity index (χ0) is 20.7. The van der Waals surface area contributed by atoms with Crippen LogP contribution in [-0.2, 0) is 4.74 Å². The Labute approximate surface area is 184 Å². The van der Waals surface area contributed by atoms with Crippen LogP contribution >= 0.6 is 12.2 Å². The average Bonchev–Trinajstić information content (AvgIpc) is 3.48. The molecule has 7 heteroatoms. The zero-order valence-corrected chi connectivity index (χ0v) is 18.7. The SMILES string of the molecule is Cc1cc([C@@H]2[C@@H](c3ccccn3)NC(=S)N2CCN2CCOCC2)c(C)n1C1CC1. The van der Waals surface area contributed by atoms with E-state index in [1.54, 1.807) is 0 Å². The van der Waals surface area contributed by atoms with Gasteiger partial charge in [0.25, 0.3) is 0 Å². The third kappa shape index (κ3) is 3.74. The summed E-state index contributed by atoms with van der Waals surface area (Å²) in [7, 11) is 0. The molecule has 4 heterocycles. The highest BCUT2D eigenvalue weighted by Gasteiger charge is 2.42. The van der Waals surface area contributed by atoms with Gasteiger partial charge in [-0.05, 0) is 62.7 Å². The van der Waals surface area contributed by atoms with Crippen LogP contribution in [-0.4, -0.2) is 63.9 Å². The van der Waals surface area contributed by atoms with Gasteiger partial charge in [-0.1, -0.05) is 6.07 Å². The number of nitrogens with zero attached hydrogens (tertiary/aromatic N) is 4. The largest absolute Gasteiger partial charge is 0.379 e. The van der Waals surface area contributed by atoms with E-state index in [2.05, 4.69) is 56.7 Å². The molecule has 30 heavy (non-hydrogen) atoms. The number of aryl methyl sites for hydroxylation is 1. The molecule has 0 unspecified atom stereocenters. The lowest BCUT2D eigenvalue weighted by atomic mass is 9.97. The number of aromatic nitrogens is 2. The highest BCUT2D eigenvalue weighted by Crippen LogP contribution is 2.44. The monoisotopic (exact) mass is 425 g/mol. The van der Waals surface area contributed by atoms with Crippen molar-refractivity contribution in [3.8, 4) is 0 Å². The van der Waals surface area contributed by atoms with E-state index in [4.69, 9.17) is 17.0 Å². The molecule has 5 rings (SSSR count). The lowest BCUT2D eigenvalue weighted by Crippen LogP contribution is -2.42. The Morgan fingerprint density at radius 1 is 1.17 bits per heavy atom. The summed E-state index contributed by atoms with van der Waals surface area (Å²) >= 11 is 5.85. The number of pyridine rings is 1. The van der Waals surface area contributed by atoms with Crippen LogP contribution in [0.15, 0.2) is 30.5 Å². The standard InChI is InChI=1S/C23H31N5OS/c1-16-15-19(17(2)28(16)18-6-7-18)22-21(20-5-3-4-8-24-20)25-23(30)27(22)10-9-26-11-13-29-14-12-26/h3-5,8,15,18,21-22H,6-7,9-14H2,1-2H3,(H,25,30)/t21-,22-/m1/s1. The van der Waals surface area contributed by atoms with Crippen molar-refractivity contribution in [2.24, 2.45) is 0 Å². The van der Waals surface area contributed by atoms with E-state index in [1.807, 2.05) is 12.3 Å². The van der Waals surface area contributed by atoms with Crippen molar-refractivity contribution in [1.82, 2.24) is 24.7 Å². The van der Waals surface area contributed by atoms with Gasteiger partial charge < -0.3 is 19.5 Å². The predicted molar refractivity (Wildman–Crippen MR) is 122 cm³/mol. The number of hydrogen-bond donors (Lipinski definition) is 1. The summed E-state index contributed by atoms with van der Waals surface area (Å²) in [4.78, 5) is 9.55. The highest BCUT2D eigenvalue weighted by molar-refractivity contribution is 7.80. The summed E-state index contributed by atoms with van der Waals surface area (Å²) in [6.07, 6.45) is 4.46. The van der Waals surface area contributed by atoms with E-state index in [9.17, 15) is 0 Å². The summed E-state index contributed by atoms with van der Waals surface area (Å²) < 4.78 is 8.05. The molecule has 0 spiro atoms. The second kappa shape index (κ2) is 8.29. The van der Waals surface area contributed by atoms with E-state index < -0.39 is 0 Å². The first-order valence-corrected chi connectivity index (χ1v) is 11.5. The van der Waals surface area contributed by atoms with Gasteiger partial charge in [0.05, 0.1) is 31.0 Å². The molecule has 2 aliphatic heterocycles. The minimum Gasteiger partial charge on any atom is -0.379 e. The summed E-state index contributed by atoms with van der Waals surface area (Å²) in [6.45, 7) is 10.1. The topological polar surface area (TPSA) is 45.6 Å². The van der Waals surface area contributed by atoms with Crippen molar-refractivity contribution in [2.45, 2.75) is 44.8 Å². The van der Waals surface area contributed by atoms with Crippen molar-refractivity contribution in [3.63, 3.8) is 0 Å². The number of morpholine rings is 1. The molecule has 160 valence electrons. The fourth-order valence-corrected chi connectivity index (χ4v) is 5.39. The lowest BCUT2D eigenvalue weighted by molar-refractivity contribution is 0.0350. The molecule has 6 nitrogen and oxygen atoms in total. The summed E-state index contributed by atoms with van der Waals surface area (Å²) in [5.41, 5.74) is 5.17. The molecule has 1 saturated carbocycles. The number of thiocarbonyl (C=S) groups is 1. The molecule has 2 aromatic rings. The Kier molecular flexibility index (Phi) is 5.52. The Bertz CT molecular complexity index is 904. The van der Waals surface area contributed by atoms with Gasteiger partial charge in [0.1, 0.15) is 0 Å². The fraction of sp³-hybridized carbons (Fsp3) is 0.565. The Morgan fingerprint density at radius 3 is 2.67 bits per heavy atom. The number of ether oxygens (including phenoxy) is 1. The van der Waals surface area contributed by atoms with Gasteiger partial charge in [-0.25, -0.2) is 0 Å². The van der Waals surface area contributed by atoms with Gasteiger partial charge in [0.15, 0.2) is 5.11 Å². The van der Waals surface area contributed by atoms with Crippen molar-refractivity contribution in [1.29, 1.82) is 0 Å². The van der Waals surface area contributed by atoms with Crippen LogP contribution in [0.2, 0.25) is 0 Å². The number of hydrogen-bond acceptors (Lipinski definition) is 4. The molecular weight excluding hydrogens is 394 g/mol. The third-order valence-corrected chi connectivity index (χ3v) is 7.07. The zero-order valence-electron chi connectivity index (χ0n) is 17.9. The lowest BCUT2D eigenvalue weighted by Gasteiger charge is -2.32. The molecule has 0 bridgehead atoms. The molecule has 0 aromatic carbocycles. The van der Waals surface area contributed by atoms with Crippen LogP contribution in [0, 0.1) is 13.8 Å². The molecule has 2 atom stereocenters. The number of nitrogens with one attached hydrogen (secondary N) is 1. The molecule has 2 aromatic heterocycles. The highest BCUT2D eigenvalue weighted by atomic mass is 32.1. The molecule has 0 amide bonds. The van der Waals surface area contributed by atoms with Crippen LogP contribution in [0.5, 0.6) is 0 Å². The molecule has 2 saturated heterocycles. The molecule has 1 N–H and O–H groups in total. The Balaban J connectivity index is 1.47. The quantitative estimate of drug-likeness (QED) is 0.718. The molecule has 1 aliphatic carbocycles. The minimum atomic E-state index is 0.0662. The van der Waals surface area contributed by atoms with E-state index >= 15 is 0 Å².